The third-order valence-corrected chi connectivity index (χ3v) is 4.89. The molecule has 1 aliphatic carbocycles. The Balaban J connectivity index is 0.00000161. The first-order valence-corrected chi connectivity index (χ1v) is 8.25. The summed E-state index contributed by atoms with van der Waals surface area (Å²) >= 11 is 1.64. The molecule has 1 amide bonds. The maximum Gasteiger partial charge on any atom is 0.245 e. The molecule has 0 aromatic carbocycles. The van der Waals surface area contributed by atoms with Crippen molar-refractivity contribution in [2.45, 2.75) is 44.6 Å². The maximum absolute atomic E-state index is 12.1. The molecule has 0 radical (unpaired) electrons. The number of rotatable bonds is 2. The number of carbonyl (C=O) groups is 1. The third kappa shape index (κ3) is 4.39. The second kappa shape index (κ2) is 8.08. The molecule has 21 heavy (non-hydrogen) atoms. The van der Waals surface area contributed by atoms with Crippen LogP contribution < -0.4 is 10.6 Å². The number of halogens is 1. The fourth-order valence-corrected chi connectivity index (χ4v) is 3.74. The van der Waals surface area contributed by atoms with Crippen LogP contribution in [0.2, 0.25) is 0 Å². The van der Waals surface area contributed by atoms with Crippen LogP contribution in [-0.4, -0.2) is 36.7 Å². The Kier molecular flexibility index (Phi) is 6.41. The number of nitrogens with zero attached hydrogens (tertiary/aromatic N) is 1. The molecule has 1 aromatic heterocycles. The number of carbonyl (C=O) groups excluding carboxylic acids is 1. The number of nitrogens with one attached hydrogen (secondary N) is 2. The molecular formula is C14H22ClN3O2S. The van der Waals surface area contributed by atoms with Crippen LogP contribution in [0.1, 0.15) is 36.3 Å². The molecule has 1 aromatic rings. The fourth-order valence-electron chi connectivity index (χ4n) is 2.69. The lowest BCUT2D eigenvalue weighted by atomic mass is 10.0. The van der Waals surface area contributed by atoms with E-state index in [0.29, 0.717) is 13.2 Å². The smallest absolute Gasteiger partial charge is 0.245 e. The highest BCUT2D eigenvalue weighted by Gasteiger charge is 2.23. The van der Waals surface area contributed by atoms with Gasteiger partial charge in [0.1, 0.15) is 6.04 Å². The normalized spacial score (nSPS) is 22.4. The van der Waals surface area contributed by atoms with E-state index in [1.807, 2.05) is 0 Å². The van der Waals surface area contributed by atoms with Gasteiger partial charge in [0.25, 0.3) is 0 Å². The quantitative estimate of drug-likeness (QED) is 0.871. The number of amides is 1. The summed E-state index contributed by atoms with van der Waals surface area (Å²) in [4.78, 5) is 18.1. The number of hydrogen-bond acceptors (Lipinski definition) is 5. The van der Waals surface area contributed by atoms with Crippen molar-refractivity contribution in [2.75, 3.05) is 25.1 Å². The Morgan fingerprint density at radius 2 is 2.10 bits per heavy atom. The summed E-state index contributed by atoms with van der Waals surface area (Å²) in [6, 6.07) is -0.254. The minimum atomic E-state index is -0.254. The lowest BCUT2D eigenvalue weighted by molar-refractivity contribution is -0.120. The van der Waals surface area contributed by atoms with E-state index in [0.717, 1.165) is 24.5 Å². The van der Waals surface area contributed by atoms with E-state index in [4.69, 9.17) is 4.74 Å². The highest BCUT2D eigenvalue weighted by molar-refractivity contribution is 7.15. The average molecular weight is 332 g/mol. The molecular weight excluding hydrogens is 310 g/mol. The molecule has 1 aliphatic heterocycles. The molecule has 1 fully saturated rings. The molecule has 118 valence electrons. The van der Waals surface area contributed by atoms with Crippen molar-refractivity contribution in [3.63, 3.8) is 0 Å². The van der Waals surface area contributed by atoms with E-state index in [1.54, 1.807) is 11.3 Å². The van der Waals surface area contributed by atoms with Crippen LogP contribution >= 0.6 is 23.7 Å². The van der Waals surface area contributed by atoms with E-state index >= 15 is 0 Å². The standard InChI is InChI=1S/C14H21N3O2S.ClH/c18-13(11-9-19-8-7-15-11)17-14-16-10-5-3-1-2-4-6-12(10)20-14;/h11,15H,1-9H2,(H,16,17,18);1H. The first kappa shape index (κ1) is 16.7. The number of fused-ring (bicyclic) bond motifs is 1. The zero-order chi connectivity index (χ0) is 13.8. The predicted molar refractivity (Wildman–Crippen MR) is 86.5 cm³/mol. The largest absolute Gasteiger partial charge is 0.378 e. The van der Waals surface area contributed by atoms with Crippen molar-refractivity contribution in [2.24, 2.45) is 0 Å². The SMILES string of the molecule is Cl.O=C(Nc1nc2c(s1)CCCCCC2)C1COCCN1. The second-order valence-corrected chi connectivity index (χ2v) is 6.46. The van der Waals surface area contributed by atoms with Crippen molar-refractivity contribution < 1.29 is 9.53 Å². The van der Waals surface area contributed by atoms with Gasteiger partial charge in [-0.1, -0.05) is 12.8 Å². The number of hydrogen-bond donors (Lipinski definition) is 2. The molecule has 3 rings (SSSR count). The summed E-state index contributed by atoms with van der Waals surface area (Å²) in [5.74, 6) is -0.0357. The number of thiazole rings is 1. The number of anilines is 1. The van der Waals surface area contributed by atoms with Gasteiger partial charge in [0.05, 0.1) is 18.9 Å². The Morgan fingerprint density at radius 3 is 2.86 bits per heavy atom. The Bertz CT molecular complexity index is 449. The monoisotopic (exact) mass is 331 g/mol. The van der Waals surface area contributed by atoms with Crippen molar-refractivity contribution in [3.05, 3.63) is 10.6 Å². The van der Waals surface area contributed by atoms with Gasteiger partial charge in [-0.2, -0.15) is 0 Å². The molecule has 2 heterocycles. The minimum absolute atomic E-state index is 0. The van der Waals surface area contributed by atoms with Gasteiger partial charge in [-0.3, -0.25) is 4.79 Å². The van der Waals surface area contributed by atoms with Crippen molar-refractivity contribution >= 4 is 34.8 Å². The van der Waals surface area contributed by atoms with Crippen LogP contribution in [0.4, 0.5) is 5.13 Å². The molecule has 2 aliphatic rings. The van der Waals surface area contributed by atoms with Gasteiger partial charge >= 0.3 is 0 Å². The van der Waals surface area contributed by atoms with Crippen molar-refractivity contribution in [3.8, 4) is 0 Å². The summed E-state index contributed by atoms with van der Waals surface area (Å²) in [6.07, 6.45) is 7.20. The molecule has 1 unspecified atom stereocenters. The van der Waals surface area contributed by atoms with Gasteiger partial charge in [0.15, 0.2) is 5.13 Å². The van der Waals surface area contributed by atoms with Crippen LogP contribution in [0, 0.1) is 0 Å². The van der Waals surface area contributed by atoms with E-state index in [9.17, 15) is 4.79 Å². The fraction of sp³-hybridized carbons (Fsp3) is 0.714. The minimum Gasteiger partial charge on any atom is -0.378 e. The third-order valence-electron chi connectivity index (χ3n) is 3.81. The van der Waals surface area contributed by atoms with Gasteiger partial charge < -0.3 is 15.4 Å². The number of morpholine rings is 1. The lowest BCUT2D eigenvalue weighted by Gasteiger charge is -2.22. The summed E-state index contributed by atoms with van der Waals surface area (Å²) in [7, 11) is 0. The molecule has 1 saturated heterocycles. The second-order valence-electron chi connectivity index (χ2n) is 5.37. The van der Waals surface area contributed by atoms with Crippen molar-refractivity contribution in [1.29, 1.82) is 0 Å². The van der Waals surface area contributed by atoms with Gasteiger partial charge in [-0.25, -0.2) is 4.98 Å². The highest BCUT2D eigenvalue weighted by Crippen LogP contribution is 2.28. The number of aryl methyl sites for hydroxylation is 2. The zero-order valence-electron chi connectivity index (χ0n) is 12.0. The van der Waals surface area contributed by atoms with Gasteiger partial charge in [0, 0.05) is 11.4 Å². The molecule has 7 heteroatoms. The van der Waals surface area contributed by atoms with Gasteiger partial charge in [-0.05, 0) is 25.7 Å². The molecule has 0 spiro atoms. The highest BCUT2D eigenvalue weighted by atomic mass is 35.5. The van der Waals surface area contributed by atoms with Crippen molar-refractivity contribution in [1.82, 2.24) is 10.3 Å². The molecule has 0 saturated carbocycles. The molecule has 2 N–H and O–H groups in total. The van der Waals surface area contributed by atoms with Crippen LogP contribution in [0.15, 0.2) is 0 Å². The van der Waals surface area contributed by atoms with E-state index in [-0.39, 0.29) is 24.4 Å². The van der Waals surface area contributed by atoms with Gasteiger partial charge in [0.2, 0.25) is 5.91 Å². The van der Waals surface area contributed by atoms with Gasteiger partial charge in [-0.15, -0.1) is 23.7 Å². The zero-order valence-corrected chi connectivity index (χ0v) is 13.7. The van der Waals surface area contributed by atoms with Crippen LogP contribution in [0.3, 0.4) is 0 Å². The summed E-state index contributed by atoms with van der Waals surface area (Å²) in [6.45, 7) is 1.85. The van der Waals surface area contributed by atoms with E-state index in [2.05, 4.69) is 15.6 Å². The maximum atomic E-state index is 12.1. The topological polar surface area (TPSA) is 63.2 Å². The Labute approximate surface area is 135 Å². The lowest BCUT2D eigenvalue weighted by Crippen LogP contribution is -2.48. The number of aromatic nitrogens is 1. The Morgan fingerprint density at radius 1 is 1.29 bits per heavy atom. The Hall–Kier alpha value is -0.690. The average Bonchev–Trinajstić information content (AvgIpc) is 2.81. The summed E-state index contributed by atoms with van der Waals surface area (Å²) in [5.41, 5.74) is 1.19. The number of ether oxygens (including phenoxy) is 1. The van der Waals surface area contributed by atoms with E-state index < -0.39 is 0 Å². The molecule has 1 atom stereocenters. The van der Waals surface area contributed by atoms with Crippen LogP contribution in [0.25, 0.3) is 0 Å². The van der Waals surface area contributed by atoms with E-state index in [1.165, 1.54) is 36.3 Å². The summed E-state index contributed by atoms with van der Waals surface area (Å²) < 4.78 is 5.31. The first-order chi connectivity index (χ1) is 9.83. The summed E-state index contributed by atoms with van der Waals surface area (Å²) in [5, 5.41) is 6.84. The molecule has 5 nitrogen and oxygen atoms in total. The van der Waals surface area contributed by atoms with Crippen LogP contribution in [-0.2, 0) is 22.4 Å². The molecule has 0 bridgehead atoms. The first-order valence-electron chi connectivity index (χ1n) is 7.43. The predicted octanol–water partition coefficient (Wildman–Crippen LogP) is 2.15. The van der Waals surface area contributed by atoms with Crippen LogP contribution in [0.5, 0.6) is 0 Å².